The van der Waals surface area contributed by atoms with Crippen LogP contribution in [0.5, 0.6) is 11.5 Å². The topological polar surface area (TPSA) is 44.5 Å². The van der Waals surface area contributed by atoms with E-state index in [0.29, 0.717) is 18.2 Å². The van der Waals surface area contributed by atoms with Crippen LogP contribution in [0, 0.1) is 6.92 Å². The normalized spacial score (nSPS) is 14.9. The van der Waals surface area contributed by atoms with Crippen LogP contribution in [0.15, 0.2) is 36.4 Å². The zero-order valence-corrected chi connectivity index (χ0v) is 12.0. The van der Waals surface area contributed by atoms with Crippen LogP contribution in [0.25, 0.3) is 0 Å². The van der Waals surface area contributed by atoms with Crippen LogP contribution in [0.4, 0.5) is 0 Å². The summed E-state index contributed by atoms with van der Waals surface area (Å²) in [5, 5.41) is 0.693. The predicted octanol–water partition coefficient (Wildman–Crippen LogP) is 3.47. The fraction of sp³-hybridized carbons (Fsp3) is 0.250. The van der Waals surface area contributed by atoms with Crippen molar-refractivity contribution in [1.82, 2.24) is 0 Å². The van der Waals surface area contributed by atoms with E-state index in [2.05, 4.69) is 0 Å². The molecule has 1 unspecified atom stereocenters. The third-order valence-electron chi connectivity index (χ3n) is 3.50. The maximum Gasteiger partial charge on any atom is 0.161 e. The number of hydrogen-bond acceptors (Lipinski definition) is 3. The Morgan fingerprint density at radius 3 is 2.60 bits per heavy atom. The molecule has 20 heavy (non-hydrogen) atoms. The average molecular weight is 290 g/mol. The molecule has 1 aliphatic heterocycles. The third kappa shape index (κ3) is 2.47. The molecular formula is C16H16ClNO2. The number of rotatable bonds is 2. The summed E-state index contributed by atoms with van der Waals surface area (Å²) in [5.74, 6) is 1.53. The lowest BCUT2D eigenvalue weighted by Crippen LogP contribution is -2.17. The fourth-order valence-corrected chi connectivity index (χ4v) is 2.56. The van der Waals surface area contributed by atoms with Gasteiger partial charge in [-0.05, 0) is 47.9 Å². The number of ether oxygens (including phenoxy) is 2. The summed E-state index contributed by atoms with van der Waals surface area (Å²) in [6.45, 7) is 3.19. The Hall–Kier alpha value is -1.71. The monoisotopic (exact) mass is 289 g/mol. The second-order valence-corrected chi connectivity index (χ2v) is 5.32. The van der Waals surface area contributed by atoms with Gasteiger partial charge >= 0.3 is 0 Å². The number of hydrogen-bond donors (Lipinski definition) is 1. The van der Waals surface area contributed by atoms with Crippen molar-refractivity contribution in [3.05, 3.63) is 58.1 Å². The fourth-order valence-electron chi connectivity index (χ4n) is 2.38. The highest BCUT2D eigenvalue weighted by Gasteiger charge is 2.17. The van der Waals surface area contributed by atoms with E-state index >= 15 is 0 Å². The van der Waals surface area contributed by atoms with Crippen molar-refractivity contribution < 1.29 is 9.47 Å². The van der Waals surface area contributed by atoms with Crippen LogP contribution >= 0.6 is 11.6 Å². The molecule has 0 bridgehead atoms. The smallest absolute Gasteiger partial charge is 0.161 e. The van der Waals surface area contributed by atoms with Gasteiger partial charge in [-0.25, -0.2) is 0 Å². The Morgan fingerprint density at radius 1 is 1.05 bits per heavy atom. The zero-order valence-electron chi connectivity index (χ0n) is 11.2. The Kier molecular flexibility index (Phi) is 3.55. The van der Waals surface area contributed by atoms with E-state index < -0.39 is 0 Å². The highest BCUT2D eigenvalue weighted by atomic mass is 35.5. The molecule has 1 heterocycles. The number of nitrogens with two attached hydrogens (primary N) is 1. The molecule has 0 aliphatic carbocycles. The van der Waals surface area contributed by atoms with E-state index in [-0.39, 0.29) is 6.04 Å². The van der Waals surface area contributed by atoms with Crippen LogP contribution in [0.3, 0.4) is 0 Å². The maximum atomic E-state index is 6.36. The number of fused-ring (bicyclic) bond motifs is 1. The van der Waals surface area contributed by atoms with Gasteiger partial charge in [0.1, 0.15) is 13.2 Å². The van der Waals surface area contributed by atoms with Gasteiger partial charge in [0.25, 0.3) is 0 Å². The minimum Gasteiger partial charge on any atom is -0.486 e. The molecule has 0 amide bonds. The van der Waals surface area contributed by atoms with E-state index in [9.17, 15) is 0 Å². The van der Waals surface area contributed by atoms with Crippen molar-refractivity contribution in [2.75, 3.05) is 13.2 Å². The Bertz CT molecular complexity index is 642. The van der Waals surface area contributed by atoms with Crippen LogP contribution in [-0.2, 0) is 0 Å². The van der Waals surface area contributed by atoms with Crippen LogP contribution < -0.4 is 15.2 Å². The molecule has 2 aromatic rings. The van der Waals surface area contributed by atoms with Crippen molar-refractivity contribution >= 4 is 11.6 Å². The first-order chi connectivity index (χ1) is 9.65. The van der Waals surface area contributed by atoms with Gasteiger partial charge in [-0.1, -0.05) is 23.7 Å². The first kappa shape index (κ1) is 13.3. The minimum absolute atomic E-state index is 0.232. The highest BCUT2D eigenvalue weighted by molar-refractivity contribution is 6.30. The Balaban J connectivity index is 1.97. The summed E-state index contributed by atoms with van der Waals surface area (Å²) in [6.07, 6.45) is 0. The molecule has 0 saturated carbocycles. The average Bonchev–Trinajstić information content (AvgIpc) is 2.48. The Morgan fingerprint density at radius 2 is 1.80 bits per heavy atom. The summed E-state index contributed by atoms with van der Waals surface area (Å²) in [5.41, 5.74) is 9.49. The first-order valence-electron chi connectivity index (χ1n) is 6.56. The lowest BCUT2D eigenvalue weighted by atomic mass is 9.95. The minimum atomic E-state index is -0.232. The molecule has 0 radical (unpaired) electrons. The molecule has 4 heteroatoms. The quantitative estimate of drug-likeness (QED) is 0.921. The number of aryl methyl sites for hydroxylation is 1. The summed E-state index contributed by atoms with van der Waals surface area (Å²) >= 11 is 6.06. The molecule has 2 N–H and O–H groups in total. The van der Waals surface area contributed by atoms with Gasteiger partial charge in [0, 0.05) is 5.02 Å². The number of halogens is 1. The lowest BCUT2D eigenvalue weighted by Gasteiger charge is -2.21. The molecule has 1 aliphatic rings. The molecule has 0 spiro atoms. The molecule has 0 saturated heterocycles. The van der Waals surface area contributed by atoms with Crippen molar-refractivity contribution in [1.29, 1.82) is 0 Å². The summed E-state index contributed by atoms with van der Waals surface area (Å²) in [7, 11) is 0. The van der Waals surface area contributed by atoms with Crippen LogP contribution in [0.2, 0.25) is 5.02 Å². The molecule has 104 valence electrons. The van der Waals surface area contributed by atoms with E-state index in [0.717, 1.165) is 28.2 Å². The summed E-state index contributed by atoms with van der Waals surface area (Å²) in [4.78, 5) is 0. The van der Waals surface area contributed by atoms with Gasteiger partial charge in [0.05, 0.1) is 6.04 Å². The van der Waals surface area contributed by atoms with E-state index in [1.165, 1.54) is 0 Å². The molecule has 3 nitrogen and oxygen atoms in total. The lowest BCUT2D eigenvalue weighted by molar-refractivity contribution is 0.171. The van der Waals surface area contributed by atoms with E-state index in [4.69, 9.17) is 26.8 Å². The van der Waals surface area contributed by atoms with Gasteiger partial charge in [0.2, 0.25) is 0 Å². The zero-order chi connectivity index (χ0) is 14.1. The molecule has 3 rings (SSSR count). The second kappa shape index (κ2) is 5.35. The molecule has 0 aromatic heterocycles. The first-order valence-corrected chi connectivity index (χ1v) is 6.94. The van der Waals surface area contributed by atoms with Gasteiger partial charge in [-0.2, -0.15) is 0 Å². The second-order valence-electron chi connectivity index (χ2n) is 4.88. The molecule has 2 aromatic carbocycles. The summed E-state index contributed by atoms with van der Waals surface area (Å²) in [6, 6.07) is 11.4. The highest BCUT2D eigenvalue weighted by Crippen LogP contribution is 2.34. The van der Waals surface area contributed by atoms with Crippen molar-refractivity contribution in [3.8, 4) is 11.5 Å². The van der Waals surface area contributed by atoms with Gasteiger partial charge < -0.3 is 15.2 Å². The standard InChI is InChI=1S/C16H16ClNO2/c1-10-2-4-12(17)9-13(10)16(18)11-3-5-14-15(8-11)20-7-6-19-14/h2-5,8-9,16H,6-7,18H2,1H3. The molecular weight excluding hydrogens is 274 g/mol. The third-order valence-corrected chi connectivity index (χ3v) is 3.74. The summed E-state index contributed by atoms with van der Waals surface area (Å²) < 4.78 is 11.1. The number of benzene rings is 2. The molecule has 0 fully saturated rings. The predicted molar refractivity (Wildman–Crippen MR) is 79.7 cm³/mol. The van der Waals surface area contributed by atoms with Crippen molar-refractivity contribution in [3.63, 3.8) is 0 Å². The van der Waals surface area contributed by atoms with Gasteiger partial charge in [0.15, 0.2) is 11.5 Å². The van der Waals surface area contributed by atoms with E-state index in [1.54, 1.807) is 0 Å². The largest absolute Gasteiger partial charge is 0.486 e. The van der Waals surface area contributed by atoms with Crippen molar-refractivity contribution in [2.45, 2.75) is 13.0 Å². The maximum absolute atomic E-state index is 6.36. The SMILES string of the molecule is Cc1ccc(Cl)cc1C(N)c1ccc2c(c1)OCCO2. The van der Waals surface area contributed by atoms with Crippen LogP contribution in [-0.4, -0.2) is 13.2 Å². The van der Waals surface area contributed by atoms with Gasteiger partial charge in [-0.15, -0.1) is 0 Å². The van der Waals surface area contributed by atoms with Crippen molar-refractivity contribution in [2.24, 2.45) is 5.73 Å². The molecule has 1 atom stereocenters. The van der Waals surface area contributed by atoms with E-state index in [1.807, 2.05) is 43.3 Å². The Labute approximate surface area is 123 Å². The van der Waals surface area contributed by atoms with Gasteiger partial charge in [-0.3, -0.25) is 0 Å². The van der Waals surface area contributed by atoms with Crippen LogP contribution in [0.1, 0.15) is 22.7 Å².